The standard InChI is InChI=1S/C13H14F3N3O/c1-8(17)5-6-11-18-12(19-20-11)9-3-2-4-10(7-9)13(14,15)16/h2-4,7-8H,5-6,17H2,1H3. The number of rotatable bonds is 4. The molecule has 0 aliphatic heterocycles. The summed E-state index contributed by atoms with van der Waals surface area (Å²) >= 11 is 0. The zero-order valence-corrected chi connectivity index (χ0v) is 10.8. The highest BCUT2D eigenvalue weighted by Crippen LogP contribution is 2.31. The molecule has 0 amide bonds. The molecular formula is C13H14F3N3O. The molecule has 0 saturated carbocycles. The van der Waals surface area contributed by atoms with Crippen molar-refractivity contribution in [2.24, 2.45) is 5.73 Å². The highest BCUT2D eigenvalue weighted by Gasteiger charge is 2.30. The highest BCUT2D eigenvalue weighted by molar-refractivity contribution is 5.55. The lowest BCUT2D eigenvalue weighted by atomic mass is 10.1. The predicted octanol–water partition coefficient (Wildman–Crippen LogP) is 3.04. The molecule has 1 heterocycles. The van der Waals surface area contributed by atoms with Crippen LogP contribution in [0.15, 0.2) is 28.8 Å². The van der Waals surface area contributed by atoms with Gasteiger partial charge in [-0.15, -0.1) is 0 Å². The Hall–Kier alpha value is -1.89. The van der Waals surface area contributed by atoms with Gasteiger partial charge in [-0.05, 0) is 25.5 Å². The number of nitrogens with zero attached hydrogens (tertiary/aromatic N) is 2. The second kappa shape index (κ2) is 5.62. The van der Waals surface area contributed by atoms with Gasteiger partial charge in [0.1, 0.15) is 0 Å². The molecular weight excluding hydrogens is 271 g/mol. The van der Waals surface area contributed by atoms with Crippen LogP contribution in [-0.4, -0.2) is 16.2 Å². The number of hydrogen-bond acceptors (Lipinski definition) is 4. The zero-order chi connectivity index (χ0) is 14.8. The molecule has 0 spiro atoms. The summed E-state index contributed by atoms with van der Waals surface area (Å²) < 4.78 is 42.9. The van der Waals surface area contributed by atoms with Gasteiger partial charge in [0, 0.05) is 18.0 Å². The smallest absolute Gasteiger partial charge is 0.339 e. The van der Waals surface area contributed by atoms with Gasteiger partial charge in [0.25, 0.3) is 0 Å². The minimum absolute atomic E-state index is 0.00101. The molecule has 1 atom stereocenters. The van der Waals surface area contributed by atoms with Gasteiger partial charge < -0.3 is 10.3 Å². The van der Waals surface area contributed by atoms with Crippen molar-refractivity contribution >= 4 is 0 Å². The van der Waals surface area contributed by atoms with E-state index in [0.717, 1.165) is 12.1 Å². The van der Waals surface area contributed by atoms with Crippen molar-refractivity contribution in [2.75, 3.05) is 0 Å². The van der Waals surface area contributed by atoms with E-state index in [1.807, 2.05) is 6.92 Å². The minimum atomic E-state index is -4.39. The topological polar surface area (TPSA) is 64.9 Å². The molecule has 108 valence electrons. The van der Waals surface area contributed by atoms with Crippen LogP contribution in [0.3, 0.4) is 0 Å². The molecule has 1 aromatic heterocycles. The Balaban J connectivity index is 2.20. The van der Waals surface area contributed by atoms with Crippen molar-refractivity contribution in [3.63, 3.8) is 0 Å². The first-order valence-electron chi connectivity index (χ1n) is 6.12. The fraction of sp³-hybridized carbons (Fsp3) is 0.385. The van der Waals surface area contributed by atoms with Crippen LogP contribution in [0.2, 0.25) is 0 Å². The Morgan fingerprint density at radius 1 is 1.35 bits per heavy atom. The Morgan fingerprint density at radius 2 is 2.10 bits per heavy atom. The van der Waals surface area contributed by atoms with Crippen molar-refractivity contribution in [3.05, 3.63) is 35.7 Å². The third-order valence-corrected chi connectivity index (χ3v) is 2.73. The number of hydrogen-bond donors (Lipinski definition) is 1. The maximum Gasteiger partial charge on any atom is 0.416 e. The number of aryl methyl sites for hydroxylation is 1. The van der Waals surface area contributed by atoms with Crippen LogP contribution in [0.1, 0.15) is 24.8 Å². The first kappa shape index (κ1) is 14.5. The van der Waals surface area contributed by atoms with Crippen LogP contribution in [0.25, 0.3) is 11.4 Å². The fourth-order valence-electron chi connectivity index (χ4n) is 1.66. The van der Waals surface area contributed by atoms with Gasteiger partial charge in [-0.3, -0.25) is 0 Å². The summed E-state index contributed by atoms with van der Waals surface area (Å²) in [6, 6.07) is 4.82. The van der Waals surface area contributed by atoms with E-state index in [0.29, 0.717) is 18.7 Å². The van der Waals surface area contributed by atoms with Crippen LogP contribution in [-0.2, 0) is 12.6 Å². The minimum Gasteiger partial charge on any atom is -0.339 e. The lowest BCUT2D eigenvalue weighted by Crippen LogP contribution is -2.15. The molecule has 2 N–H and O–H groups in total. The normalized spacial score (nSPS) is 13.4. The first-order valence-corrected chi connectivity index (χ1v) is 6.12. The Kier molecular flexibility index (Phi) is 4.08. The van der Waals surface area contributed by atoms with Crippen LogP contribution in [0.4, 0.5) is 13.2 Å². The largest absolute Gasteiger partial charge is 0.416 e. The monoisotopic (exact) mass is 285 g/mol. The van der Waals surface area contributed by atoms with Crippen molar-refractivity contribution in [3.8, 4) is 11.4 Å². The van der Waals surface area contributed by atoms with E-state index in [9.17, 15) is 13.2 Å². The summed E-state index contributed by atoms with van der Waals surface area (Å²) in [5, 5.41) is 3.69. The summed E-state index contributed by atoms with van der Waals surface area (Å²) in [5.74, 6) is 0.519. The van der Waals surface area contributed by atoms with E-state index in [1.165, 1.54) is 12.1 Å². The fourth-order valence-corrected chi connectivity index (χ4v) is 1.66. The summed E-state index contributed by atoms with van der Waals surface area (Å²) in [7, 11) is 0. The number of benzene rings is 1. The van der Waals surface area contributed by atoms with E-state index < -0.39 is 11.7 Å². The lowest BCUT2D eigenvalue weighted by molar-refractivity contribution is -0.137. The Labute approximate surface area is 113 Å². The van der Waals surface area contributed by atoms with Crippen LogP contribution in [0.5, 0.6) is 0 Å². The van der Waals surface area contributed by atoms with Crippen LogP contribution >= 0.6 is 0 Å². The van der Waals surface area contributed by atoms with Gasteiger partial charge in [0.2, 0.25) is 11.7 Å². The molecule has 0 saturated heterocycles. The summed E-state index contributed by atoms with van der Waals surface area (Å²) in [5.41, 5.74) is 5.15. The molecule has 1 unspecified atom stereocenters. The lowest BCUT2D eigenvalue weighted by Gasteiger charge is -2.06. The molecule has 20 heavy (non-hydrogen) atoms. The maximum absolute atomic E-state index is 12.6. The molecule has 2 aromatic rings. The molecule has 0 fully saturated rings. The number of nitrogens with two attached hydrogens (primary N) is 1. The van der Waals surface area contributed by atoms with E-state index >= 15 is 0 Å². The third-order valence-electron chi connectivity index (χ3n) is 2.73. The van der Waals surface area contributed by atoms with Crippen molar-refractivity contribution < 1.29 is 17.7 Å². The van der Waals surface area contributed by atoms with Crippen molar-refractivity contribution in [1.82, 2.24) is 10.1 Å². The molecule has 0 aliphatic carbocycles. The number of halogens is 3. The predicted molar refractivity (Wildman–Crippen MR) is 66.7 cm³/mol. The third kappa shape index (κ3) is 3.57. The SMILES string of the molecule is CC(N)CCc1nc(-c2cccc(C(F)(F)F)c2)no1. The van der Waals surface area contributed by atoms with Gasteiger partial charge in [0.15, 0.2) is 0 Å². The van der Waals surface area contributed by atoms with E-state index in [1.54, 1.807) is 0 Å². The molecule has 0 aliphatic rings. The summed E-state index contributed by atoms with van der Waals surface area (Å²) in [6.07, 6.45) is -3.22. The summed E-state index contributed by atoms with van der Waals surface area (Å²) in [4.78, 5) is 4.07. The van der Waals surface area contributed by atoms with Crippen molar-refractivity contribution in [2.45, 2.75) is 32.0 Å². The van der Waals surface area contributed by atoms with Gasteiger partial charge in [-0.2, -0.15) is 18.2 Å². The quantitative estimate of drug-likeness (QED) is 0.937. The van der Waals surface area contributed by atoms with Gasteiger partial charge in [-0.1, -0.05) is 17.3 Å². The Bertz CT molecular complexity index is 578. The average molecular weight is 285 g/mol. The second-order valence-corrected chi connectivity index (χ2v) is 4.61. The van der Waals surface area contributed by atoms with Gasteiger partial charge >= 0.3 is 6.18 Å². The van der Waals surface area contributed by atoms with Crippen LogP contribution in [0, 0.1) is 0 Å². The highest BCUT2D eigenvalue weighted by atomic mass is 19.4. The molecule has 0 bridgehead atoms. The molecule has 4 nitrogen and oxygen atoms in total. The van der Waals surface area contributed by atoms with E-state index in [2.05, 4.69) is 10.1 Å². The van der Waals surface area contributed by atoms with Gasteiger partial charge in [0.05, 0.1) is 5.56 Å². The molecule has 2 rings (SSSR count). The molecule has 7 heteroatoms. The van der Waals surface area contributed by atoms with E-state index in [4.69, 9.17) is 10.3 Å². The van der Waals surface area contributed by atoms with E-state index in [-0.39, 0.29) is 17.4 Å². The molecule has 1 aromatic carbocycles. The number of alkyl halides is 3. The number of aromatic nitrogens is 2. The zero-order valence-electron chi connectivity index (χ0n) is 10.8. The van der Waals surface area contributed by atoms with Gasteiger partial charge in [-0.25, -0.2) is 0 Å². The van der Waals surface area contributed by atoms with Crippen molar-refractivity contribution in [1.29, 1.82) is 0 Å². The maximum atomic E-state index is 12.6. The van der Waals surface area contributed by atoms with Crippen LogP contribution < -0.4 is 5.73 Å². The molecule has 0 radical (unpaired) electrons. The second-order valence-electron chi connectivity index (χ2n) is 4.61. The summed E-state index contributed by atoms with van der Waals surface area (Å²) in [6.45, 7) is 1.85. The first-order chi connectivity index (χ1) is 9.36. The Morgan fingerprint density at radius 3 is 2.75 bits per heavy atom. The average Bonchev–Trinajstić information content (AvgIpc) is 2.84.